The number of fused-ring (bicyclic) bond motifs is 1. The van der Waals surface area contributed by atoms with E-state index >= 15 is 0 Å². The molecule has 0 saturated heterocycles. The zero-order chi connectivity index (χ0) is 17.5. The van der Waals surface area contributed by atoms with Crippen molar-refractivity contribution in [1.29, 1.82) is 0 Å². The monoisotopic (exact) mass is 323 g/mol. The number of rotatable bonds is 3. The maximum Gasteiger partial charge on any atom is 0.146 e. The lowest BCUT2D eigenvalue weighted by Gasteiger charge is -2.23. The molecule has 0 radical (unpaired) electrons. The summed E-state index contributed by atoms with van der Waals surface area (Å²) in [6.45, 7) is 10.8. The highest BCUT2D eigenvalue weighted by atomic mass is 16.3. The molecule has 3 rings (SSSR count). The van der Waals surface area contributed by atoms with Crippen molar-refractivity contribution in [2.75, 3.05) is 0 Å². The topological polar surface area (TPSA) is 50.9 Å². The Hall–Kier alpha value is -2.36. The van der Waals surface area contributed by atoms with Crippen molar-refractivity contribution in [3.63, 3.8) is 0 Å². The van der Waals surface area contributed by atoms with E-state index in [1.807, 2.05) is 30.3 Å². The van der Waals surface area contributed by atoms with E-state index in [1.165, 1.54) is 5.56 Å². The third-order valence-electron chi connectivity index (χ3n) is 4.63. The van der Waals surface area contributed by atoms with Gasteiger partial charge in [0, 0.05) is 0 Å². The number of benzene rings is 2. The van der Waals surface area contributed by atoms with Gasteiger partial charge in [0.25, 0.3) is 0 Å². The summed E-state index contributed by atoms with van der Waals surface area (Å²) in [4.78, 5) is 1.56. The van der Waals surface area contributed by atoms with Gasteiger partial charge in [-0.25, -0.2) is 0 Å². The van der Waals surface area contributed by atoms with Gasteiger partial charge in [0.1, 0.15) is 22.5 Å². The molecule has 4 heteroatoms. The molecule has 0 unspecified atom stereocenters. The molecule has 1 N–H and O–H groups in total. The van der Waals surface area contributed by atoms with E-state index in [-0.39, 0.29) is 17.1 Å². The summed E-state index contributed by atoms with van der Waals surface area (Å²) in [6, 6.07) is 11.9. The van der Waals surface area contributed by atoms with Crippen LogP contribution in [-0.2, 0) is 5.41 Å². The molecule has 4 nitrogen and oxygen atoms in total. The Balaban J connectivity index is 2.25. The molecule has 0 aliphatic heterocycles. The summed E-state index contributed by atoms with van der Waals surface area (Å²) in [6.07, 6.45) is 0.967. The molecule has 1 atom stereocenters. The minimum atomic E-state index is -0.0166. The van der Waals surface area contributed by atoms with Crippen LogP contribution in [0.25, 0.3) is 16.7 Å². The maximum absolute atomic E-state index is 10.9. The van der Waals surface area contributed by atoms with Crippen LogP contribution in [0.5, 0.6) is 5.75 Å². The Morgan fingerprint density at radius 3 is 2.17 bits per heavy atom. The third kappa shape index (κ3) is 2.88. The van der Waals surface area contributed by atoms with Crippen molar-refractivity contribution in [1.82, 2.24) is 15.0 Å². The molecule has 0 saturated carbocycles. The van der Waals surface area contributed by atoms with Crippen molar-refractivity contribution in [2.45, 2.75) is 52.4 Å². The largest absolute Gasteiger partial charge is 0.505 e. The van der Waals surface area contributed by atoms with Gasteiger partial charge in [0.05, 0.1) is 0 Å². The lowest BCUT2D eigenvalue weighted by Crippen LogP contribution is -2.14. The summed E-state index contributed by atoms with van der Waals surface area (Å²) >= 11 is 0. The smallest absolute Gasteiger partial charge is 0.146 e. The normalized spacial score (nSPS) is 13.4. The molecule has 126 valence electrons. The summed E-state index contributed by atoms with van der Waals surface area (Å²) in [5, 5.41) is 19.9. The first-order chi connectivity index (χ1) is 11.3. The number of aromatic nitrogens is 3. The molecule has 0 aliphatic carbocycles. The highest BCUT2D eigenvalue weighted by Gasteiger charge is 2.22. The quantitative estimate of drug-likeness (QED) is 0.743. The van der Waals surface area contributed by atoms with Crippen LogP contribution >= 0.6 is 0 Å². The predicted molar refractivity (Wildman–Crippen MR) is 97.9 cm³/mol. The van der Waals surface area contributed by atoms with Gasteiger partial charge in [-0.3, -0.25) is 0 Å². The van der Waals surface area contributed by atoms with Crippen LogP contribution in [-0.4, -0.2) is 20.1 Å². The van der Waals surface area contributed by atoms with E-state index in [1.54, 1.807) is 4.80 Å². The van der Waals surface area contributed by atoms with Crippen LogP contribution in [0.3, 0.4) is 0 Å². The van der Waals surface area contributed by atoms with E-state index in [9.17, 15) is 5.11 Å². The van der Waals surface area contributed by atoms with Crippen molar-refractivity contribution in [3.8, 4) is 11.4 Å². The fourth-order valence-electron chi connectivity index (χ4n) is 2.79. The second-order valence-electron chi connectivity index (χ2n) is 7.47. The van der Waals surface area contributed by atoms with Crippen LogP contribution in [0.2, 0.25) is 0 Å². The fraction of sp³-hybridized carbons (Fsp3) is 0.400. The number of phenolic OH excluding ortho intramolecular Hbond substituents is 1. The first kappa shape index (κ1) is 16.5. The lowest BCUT2D eigenvalue weighted by atomic mass is 9.83. The van der Waals surface area contributed by atoms with Crippen LogP contribution < -0.4 is 0 Å². The third-order valence-corrected chi connectivity index (χ3v) is 4.63. The minimum Gasteiger partial charge on any atom is -0.505 e. The van der Waals surface area contributed by atoms with E-state index in [0.717, 1.165) is 23.0 Å². The number of nitrogens with zero attached hydrogens (tertiary/aromatic N) is 3. The average Bonchev–Trinajstić information content (AvgIpc) is 2.97. The van der Waals surface area contributed by atoms with Crippen molar-refractivity contribution < 1.29 is 5.11 Å². The standard InChI is InChI=1S/C20H25N3O/c1-6-13(2)15-11-14(20(3,4)5)12-18(19(15)24)23-21-16-9-7-8-10-17(16)22-23/h7-13,24H,6H2,1-5H3/t13-/m0/s1. The van der Waals surface area contributed by atoms with E-state index in [2.05, 4.69) is 50.9 Å². The Morgan fingerprint density at radius 1 is 1.08 bits per heavy atom. The Morgan fingerprint density at radius 2 is 1.67 bits per heavy atom. The maximum atomic E-state index is 10.9. The first-order valence-electron chi connectivity index (χ1n) is 8.51. The summed E-state index contributed by atoms with van der Waals surface area (Å²) < 4.78 is 0. The van der Waals surface area contributed by atoms with Crippen molar-refractivity contribution in [2.24, 2.45) is 0 Å². The van der Waals surface area contributed by atoms with Crippen molar-refractivity contribution >= 4 is 11.0 Å². The Bertz CT molecular complexity index is 841. The summed E-state index contributed by atoms with van der Waals surface area (Å²) in [7, 11) is 0. The highest BCUT2D eigenvalue weighted by molar-refractivity contribution is 5.73. The fourth-order valence-corrected chi connectivity index (χ4v) is 2.79. The van der Waals surface area contributed by atoms with Crippen LogP contribution in [0.4, 0.5) is 0 Å². The van der Waals surface area contributed by atoms with Gasteiger partial charge in [-0.2, -0.15) is 0 Å². The number of phenols is 1. The molecule has 1 heterocycles. The van der Waals surface area contributed by atoms with Gasteiger partial charge in [-0.05, 0) is 47.1 Å². The second kappa shape index (κ2) is 5.93. The predicted octanol–water partition coefficient (Wildman–Crippen LogP) is 4.94. The SMILES string of the molecule is CC[C@H](C)c1cc(C(C)(C)C)cc(-n2nc3ccccc3n2)c1O. The average molecular weight is 323 g/mol. The minimum absolute atomic E-state index is 0.0166. The van der Waals surface area contributed by atoms with Gasteiger partial charge < -0.3 is 5.11 Å². The molecular weight excluding hydrogens is 298 g/mol. The molecular formula is C20H25N3O. The second-order valence-corrected chi connectivity index (χ2v) is 7.47. The Kier molecular flexibility index (Phi) is 4.08. The van der Waals surface area contributed by atoms with Gasteiger partial charge in [0.15, 0.2) is 0 Å². The highest BCUT2D eigenvalue weighted by Crippen LogP contribution is 2.37. The van der Waals surface area contributed by atoms with Gasteiger partial charge in [-0.1, -0.05) is 52.8 Å². The molecule has 0 amide bonds. The molecule has 3 aromatic rings. The van der Waals surface area contributed by atoms with Crippen LogP contribution in [0.15, 0.2) is 36.4 Å². The van der Waals surface area contributed by atoms with E-state index in [4.69, 9.17) is 0 Å². The Labute approximate surface area is 143 Å². The summed E-state index contributed by atoms with van der Waals surface area (Å²) in [5.74, 6) is 0.550. The zero-order valence-electron chi connectivity index (χ0n) is 15.0. The lowest BCUT2D eigenvalue weighted by molar-refractivity contribution is 0.453. The number of aromatic hydroxyl groups is 1. The molecule has 0 fully saturated rings. The summed E-state index contributed by atoms with van der Waals surface area (Å²) in [5.41, 5.74) is 4.41. The first-order valence-corrected chi connectivity index (χ1v) is 8.51. The molecule has 2 aromatic carbocycles. The van der Waals surface area contributed by atoms with Gasteiger partial charge >= 0.3 is 0 Å². The van der Waals surface area contributed by atoms with Crippen LogP contribution in [0.1, 0.15) is 58.1 Å². The molecule has 1 aromatic heterocycles. The number of hydrogen-bond donors (Lipinski definition) is 1. The molecule has 0 bridgehead atoms. The van der Waals surface area contributed by atoms with E-state index < -0.39 is 0 Å². The molecule has 0 aliphatic rings. The van der Waals surface area contributed by atoms with Gasteiger partial charge in [0.2, 0.25) is 0 Å². The van der Waals surface area contributed by atoms with Crippen LogP contribution in [0, 0.1) is 0 Å². The zero-order valence-corrected chi connectivity index (χ0v) is 15.0. The molecule has 0 spiro atoms. The number of hydrogen-bond acceptors (Lipinski definition) is 3. The van der Waals surface area contributed by atoms with E-state index in [0.29, 0.717) is 5.69 Å². The van der Waals surface area contributed by atoms with Gasteiger partial charge in [-0.15, -0.1) is 15.0 Å². The van der Waals surface area contributed by atoms with Crippen molar-refractivity contribution in [3.05, 3.63) is 47.5 Å². The molecule has 24 heavy (non-hydrogen) atoms.